The first kappa shape index (κ1) is 6.66. The molecule has 10 heavy (non-hydrogen) atoms. The molecule has 0 saturated heterocycles. The number of rotatable bonds is 2. The molecule has 0 amide bonds. The molecule has 2 aliphatic rings. The third kappa shape index (κ3) is 0.672. The molecule has 2 saturated carbocycles. The predicted octanol–water partition coefficient (Wildman–Crippen LogP) is 1.63. The zero-order valence-electron chi connectivity index (χ0n) is 6.72. The summed E-state index contributed by atoms with van der Waals surface area (Å²) in [6, 6.07) is 0. The summed E-state index contributed by atoms with van der Waals surface area (Å²) in [4.78, 5) is 0. The fraction of sp³-hybridized carbons (Fsp3) is 1.00. The van der Waals surface area contributed by atoms with Crippen molar-refractivity contribution >= 4 is 0 Å². The van der Waals surface area contributed by atoms with Crippen LogP contribution in [-0.2, 0) is 0 Å². The molecule has 58 valence electrons. The fourth-order valence-electron chi connectivity index (χ4n) is 2.83. The Kier molecular flexibility index (Phi) is 1.48. The summed E-state index contributed by atoms with van der Waals surface area (Å²) in [5, 5.41) is 0. The van der Waals surface area contributed by atoms with Gasteiger partial charge < -0.3 is 5.73 Å². The van der Waals surface area contributed by atoms with Gasteiger partial charge in [-0.25, -0.2) is 0 Å². The smallest absolute Gasteiger partial charge is 0.00460 e. The van der Waals surface area contributed by atoms with E-state index in [1.807, 2.05) is 0 Å². The van der Waals surface area contributed by atoms with E-state index in [4.69, 9.17) is 5.73 Å². The summed E-state index contributed by atoms with van der Waals surface area (Å²) in [5.74, 6) is 4.13. The van der Waals surface area contributed by atoms with Crippen LogP contribution in [0.2, 0.25) is 0 Å². The highest BCUT2D eigenvalue weighted by Gasteiger charge is 2.51. The molecular formula is C9H17N. The minimum atomic E-state index is 0.910. The highest BCUT2D eigenvalue weighted by molar-refractivity contribution is 5.01. The average molecular weight is 139 g/mol. The van der Waals surface area contributed by atoms with Crippen LogP contribution in [0.3, 0.4) is 0 Å². The molecule has 0 aromatic rings. The van der Waals surface area contributed by atoms with Crippen LogP contribution in [0.4, 0.5) is 0 Å². The Morgan fingerprint density at radius 2 is 1.80 bits per heavy atom. The molecule has 0 aromatic heterocycles. The van der Waals surface area contributed by atoms with Crippen LogP contribution in [0, 0.1) is 23.7 Å². The van der Waals surface area contributed by atoms with Gasteiger partial charge in [0, 0.05) is 0 Å². The van der Waals surface area contributed by atoms with E-state index in [0.29, 0.717) is 0 Å². The molecular weight excluding hydrogens is 122 g/mol. The standard InChI is InChI=1S/C9H17N/c1-2-6-3-9-7(5-10)4-8(6)9/h6-9H,2-5,10H2,1H3/t6?,7?,8?,9-/m0/s1. The zero-order valence-corrected chi connectivity index (χ0v) is 6.72. The molecule has 0 radical (unpaired) electrons. The van der Waals surface area contributed by atoms with Crippen molar-refractivity contribution in [3.05, 3.63) is 0 Å². The Balaban J connectivity index is 1.82. The van der Waals surface area contributed by atoms with Crippen LogP contribution in [0.5, 0.6) is 0 Å². The maximum atomic E-state index is 5.61. The molecule has 0 aliphatic heterocycles. The molecule has 1 heteroatoms. The van der Waals surface area contributed by atoms with Gasteiger partial charge in [0.15, 0.2) is 0 Å². The zero-order chi connectivity index (χ0) is 7.14. The van der Waals surface area contributed by atoms with Gasteiger partial charge in [-0.05, 0) is 43.1 Å². The lowest BCUT2D eigenvalue weighted by atomic mass is 9.47. The second-order valence-corrected chi connectivity index (χ2v) is 3.96. The Morgan fingerprint density at radius 3 is 2.20 bits per heavy atom. The molecule has 0 spiro atoms. The highest BCUT2D eigenvalue weighted by Crippen LogP contribution is 2.58. The monoisotopic (exact) mass is 139 g/mol. The van der Waals surface area contributed by atoms with Gasteiger partial charge in [0.2, 0.25) is 0 Å². The van der Waals surface area contributed by atoms with Gasteiger partial charge in [0.05, 0.1) is 0 Å². The number of nitrogens with two attached hydrogens (primary N) is 1. The van der Waals surface area contributed by atoms with Crippen molar-refractivity contribution < 1.29 is 0 Å². The third-order valence-electron chi connectivity index (χ3n) is 3.74. The van der Waals surface area contributed by atoms with E-state index < -0.39 is 0 Å². The Morgan fingerprint density at radius 1 is 1.20 bits per heavy atom. The van der Waals surface area contributed by atoms with Crippen molar-refractivity contribution in [3.63, 3.8) is 0 Å². The summed E-state index contributed by atoms with van der Waals surface area (Å²) in [5.41, 5.74) is 5.61. The summed E-state index contributed by atoms with van der Waals surface area (Å²) in [6.45, 7) is 3.26. The molecule has 3 unspecified atom stereocenters. The van der Waals surface area contributed by atoms with E-state index in [1.54, 1.807) is 0 Å². The first-order chi connectivity index (χ1) is 4.86. The second-order valence-electron chi connectivity index (χ2n) is 3.96. The summed E-state index contributed by atoms with van der Waals surface area (Å²) >= 11 is 0. The van der Waals surface area contributed by atoms with Crippen molar-refractivity contribution in [2.45, 2.75) is 26.2 Å². The first-order valence-corrected chi connectivity index (χ1v) is 4.56. The van der Waals surface area contributed by atoms with Gasteiger partial charge in [-0.1, -0.05) is 13.3 Å². The summed E-state index contributed by atoms with van der Waals surface area (Å²) in [7, 11) is 0. The number of hydrogen-bond donors (Lipinski definition) is 1. The molecule has 1 nitrogen and oxygen atoms in total. The second kappa shape index (κ2) is 2.23. The van der Waals surface area contributed by atoms with Crippen molar-refractivity contribution in [2.24, 2.45) is 29.4 Å². The number of fused-ring (bicyclic) bond motifs is 1. The lowest BCUT2D eigenvalue weighted by Crippen LogP contribution is -2.53. The normalized spacial score (nSPS) is 51.0. The van der Waals surface area contributed by atoms with E-state index in [1.165, 1.54) is 19.3 Å². The van der Waals surface area contributed by atoms with Gasteiger partial charge in [-0.2, -0.15) is 0 Å². The molecule has 0 bridgehead atoms. The Hall–Kier alpha value is -0.0400. The van der Waals surface area contributed by atoms with Gasteiger partial charge in [-0.15, -0.1) is 0 Å². The van der Waals surface area contributed by atoms with Gasteiger partial charge in [-0.3, -0.25) is 0 Å². The largest absolute Gasteiger partial charge is 0.330 e. The van der Waals surface area contributed by atoms with E-state index in [0.717, 1.165) is 30.2 Å². The van der Waals surface area contributed by atoms with E-state index >= 15 is 0 Å². The van der Waals surface area contributed by atoms with Crippen LogP contribution in [0.15, 0.2) is 0 Å². The molecule has 2 aliphatic carbocycles. The maximum Gasteiger partial charge on any atom is -0.00460 e. The van der Waals surface area contributed by atoms with Crippen molar-refractivity contribution in [3.8, 4) is 0 Å². The van der Waals surface area contributed by atoms with Crippen molar-refractivity contribution in [1.29, 1.82) is 0 Å². The Bertz CT molecular complexity index is 117. The number of hydrogen-bond acceptors (Lipinski definition) is 1. The fourth-order valence-corrected chi connectivity index (χ4v) is 2.83. The summed E-state index contributed by atoms with van der Waals surface area (Å²) in [6.07, 6.45) is 4.33. The maximum absolute atomic E-state index is 5.61. The lowest BCUT2D eigenvalue weighted by molar-refractivity contribution is -0.0839. The van der Waals surface area contributed by atoms with Crippen molar-refractivity contribution in [1.82, 2.24) is 0 Å². The minimum absolute atomic E-state index is 0.910. The lowest BCUT2D eigenvalue weighted by Gasteiger charge is -2.58. The van der Waals surface area contributed by atoms with Crippen LogP contribution in [-0.4, -0.2) is 6.54 Å². The minimum Gasteiger partial charge on any atom is -0.330 e. The summed E-state index contributed by atoms with van der Waals surface area (Å²) < 4.78 is 0. The topological polar surface area (TPSA) is 26.0 Å². The van der Waals surface area contributed by atoms with Gasteiger partial charge >= 0.3 is 0 Å². The molecule has 2 fully saturated rings. The van der Waals surface area contributed by atoms with Crippen LogP contribution < -0.4 is 5.73 Å². The van der Waals surface area contributed by atoms with E-state index in [9.17, 15) is 0 Å². The van der Waals surface area contributed by atoms with Crippen molar-refractivity contribution in [2.75, 3.05) is 6.54 Å². The molecule has 2 rings (SSSR count). The van der Waals surface area contributed by atoms with E-state index in [-0.39, 0.29) is 0 Å². The van der Waals surface area contributed by atoms with Crippen LogP contribution in [0.25, 0.3) is 0 Å². The third-order valence-corrected chi connectivity index (χ3v) is 3.74. The van der Waals surface area contributed by atoms with E-state index in [2.05, 4.69) is 6.92 Å². The molecule has 0 aromatic carbocycles. The molecule has 4 atom stereocenters. The Labute approximate surface area is 63.0 Å². The molecule has 0 heterocycles. The van der Waals surface area contributed by atoms with Gasteiger partial charge in [0.1, 0.15) is 0 Å². The first-order valence-electron chi connectivity index (χ1n) is 4.56. The quantitative estimate of drug-likeness (QED) is 0.618. The van der Waals surface area contributed by atoms with Crippen LogP contribution in [0.1, 0.15) is 26.2 Å². The van der Waals surface area contributed by atoms with Gasteiger partial charge in [0.25, 0.3) is 0 Å². The predicted molar refractivity (Wildman–Crippen MR) is 42.5 cm³/mol. The average Bonchev–Trinajstić information content (AvgIpc) is 1.94. The SMILES string of the molecule is CCC1C[C@H]2C(CN)CC12. The highest BCUT2D eigenvalue weighted by atomic mass is 14.6. The van der Waals surface area contributed by atoms with Crippen LogP contribution >= 0.6 is 0 Å². The molecule has 2 N–H and O–H groups in total.